The molecule has 0 aliphatic carbocycles. The van der Waals surface area contributed by atoms with Gasteiger partial charge in [-0.1, -0.05) is 38.1 Å². The van der Waals surface area contributed by atoms with E-state index >= 15 is 0 Å². The molecule has 1 aliphatic rings. The molecule has 1 saturated heterocycles. The highest BCUT2D eigenvalue weighted by molar-refractivity contribution is 14.0. The van der Waals surface area contributed by atoms with E-state index in [1.165, 1.54) is 6.07 Å². The van der Waals surface area contributed by atoms with Crippen molar-refractivity contribution in [1.82, 2.24) is 16.0 Å². The number of rotatable bonds is 7. The first-order valence-electron chi connectivity index (χ1n) is 10.8. The number of hydrogen-bond acceptors (Lipinski definition) is 3. The van der Waals surface area contributed by atoms with Gasteiger partial charge < -0.3 is 20.9 Å². The molecule has 3 rings (SSSR count). The molecule has 0 saturated carbocycles. The maximum absolute atomic E-state index is 13.6. The summed E-state index contributed by atoms with van der Waals surface area (Å²) in [5, 5.41) is 9.49. The largest absolute Gasteiger partial charge is 0.360 e. The fourth-order valence-electron chi connectivity index (χ4n) is 3.50. The number of halogens is 2. The standard InChI is InChI=1S/C24H32FN5O.HI/c1-4-26-23(29-17-24(2,3)19-6-5-7-20(25)14-19)28-15-18-8-10-21(11-9-18)30-13-12-27-22(31)16-30;/h5-11,14H,4,12-13,15-17H2,1-3H3,(H,27,31)(H2,26,28,29);1H. The van der Waals surface area contributed by atoms with Gasteiger partial charge in [0.05, 0.1) is 13.1 Å². The first kappa shape index (κ1) is 25.9. The van der Waals surface area contributed by atoms with Crippen LogP contribution in [-0.2, 0) is 16.8 Å². The second kappa shape index (κ2) is 12.0. The topological polar surface area (TPSA) is 68.8 Å². The second-order valence-electron chi connectivity index (χ2n) is 8.38. The number of piperazine rings is 1. The summed E-state index contributed by atoms with van der Waals surface area (Å²) in [5.41, 5.74) is 2.83. The summed E-state index contributed by atoms with van der Waals surface area (Å²) in [6.45, 7) is 9.99. The number of carbonyl (C=O) groups excluding carboxylic acids is 1. The monoisotopic (exact) mass is 553 g/mol. The zero-order valence-corrected chi connectivity index (χ0v) is 21.3. The van der Waals surface area contributed by atoms with E-state index in [4.69, 9.17) is 4.99 Å². The van der Waals surface area contributed by atoms with Crippen molar-refractivity contribution in [2.45, 2.75) is 32.7 Å². The third kappa shape index (κ3) is 7.36. The Hall–Kier alpha value is -2.36. The molecule has 0 bridgehead atoms. The van der Waals surface area contributed by atoms with Gasteiger partial charge >= 0.3 is 0 Å². The number of guanidine groups is 1. The number of amides is 1. The lowest BCUT2D eigenvalue weighted by atomic mass is 9.84. The van der Waals surface area contributed by atoms with Gasteiger partial charge in [-0.05, 0) is 42.3 Å². The Balaban J connectivity index is 0.00000363. The molecule has 8 heteroatoms. The first-order valence-corrected chi connectivity index (χ1v) is 10.8. The summed E-state index contributed by atoms with van der Waals surface area (Å²) in [6, 6.07) is 14.9. The summed E-state index contributed by atoms with van der Waals surface area (Å²) >= 11 is 0. The number of nitrogens with zero attached hydrogens (tertiary/aromatic N) is 2. The van der Waals surface area contributed by atoms with E-state index in [-0.39, 0.29) is 41.1 Å². The first-order chi connectivity index (χ1) is 14.9. The highest BCUT2D eigenvalue weighted by Gasteiger charge is 2.21. The molecule has 1 fully saturated rings. The molecular formula is C24H33FIN5O. The molecular weight excluding hydrogens is 520 g/mol. The van der Waals surface area contributed by atoms with E-state index in [9.17, 15) is 9.18 Å². The SMILES string of the molecule is CCNC(=NCc1ccc(N2CCNC(=O)C2)cc1)NCC(C)(C)c1cccc(F)c1.I. The smallest absolute Gasteiger partial charge is 0.239 e. The number of hydrogen-bond donors (Lipinski definition) is 3. The van der Waals surface area contributed by atoms with Crippen LogP contribution in [0.1, 0.15) is 31.9 Å². The summed E-state index contributed by atoms with van der Waals surface area (Å²) in [6.07, 6.45) is 0. The van der Waals surface area contributed by atoms with Crippen molar-refractivity contribution in [3.8, 4) is 0 Å². The van der Waals surface area contributed by atoms with Gasteiger partial charge in [-0.2, -0.15) is 0 Å². The quantitative estimate of drug-likeness (QED) is 0.280. The van der Waals surface area contributed by atoms with Crippen LogP contribution in [0.3, 0.4) is 0 Å². The molecule has 2 aromatic carbocycles. The van der Waals surface area contributed by atoms with Gasteiger partial charge in [0.15, 0.2) is 5.96 Å². The van der Waals surface area contributed by atoms with Crippen LogP contribution in [0.25, 0.3) is 0 Å². The van der Waals surface area contributed by atoms with Crippen molar-refractivity contribution in [3.63, 3.8) is 0 Å². The normalized spacial score (nSPS) is 14.4. The lowest BCUT2D eigenvalue weighted by Gasteiger charge is -2.28. The van der Waals surface area contributed by atoms with Crippen molar-refractivity contribution in [1.29, 1.82) is 0 Å². The number of benzene rings is 2. The lowest BCUT2D eigenvalue weighted by molar-refractivity contribution is -0.120. The van der Waals surface area contributed by atoms with Crippen LogP contribution in [0.2, 0.25) is 0 Å². The van der Waals surface area contributed by atoms with Gasteiger partial charge in [-0.15, -0.1) is 24.0 Å². The predicted molar refractivity (Wildman–Crippen MR) is 139 cm³/mol. The van der Waals surface area contributed by atoms with Crippen molar-refractivity contribution >= 4 is 41.5 Å². The number of anilines is 1. The van der Waals surface area contributed by atoms with Crippen LogP contribution in [0, 0.1) is 5.82 Å². The molecule has 0 unspecified atom stereocenters. The molecule has 3 N–H and O–H groups in total. The van der Waals surface area contributed by atoms with Crippen LogP contribution in [0.15, 0.2) is 53.5 Å². The van der Waals surface area contributed by atoms with Crippen LogP contribution in [0.5, 0.6) is 0 Å². The highest BCUT2D eigenvalue weighted by Crippen LogP contribution is 2.23. The Kier molecular flexibility index (Phi) is 9.74. The Morgan fingerprint density at radius 2 is 1.94 bits per heavy atom. The predicted octanol–water partition coefficient (Wildman–Crippen LogP) is 3.41. The average molecular weight is 553 g/mol. The third-order valence-electron chi connectivity index (χ3n) is 5.41. The van der Waals surface area contributed by atoms with Crippen LogP contribution >= 0.6 is 24.0 Å². The Bertz CT molecular complexity index is 917. The number of nitrogens with one attached hydrogen (secondary N) is 3. The van der Waals surface area contributed by atoms with Gasteiger partial charge in [0.1, 0.15) is 5.82 Å². The second-order valence-corrected chi connectivity index (χ2v) is 8.38. The van der Waals surface area contributed by atoms with Gasteiger partial charge in [0.25, 0.3) is 0 Å². The summed E-state index contributed by atoms with van der Waals surface area (Å²) in [4.78, 5) is 18.4. The minimum Gasteiger partial charge on any atom is -0.360 e. The van der Waals surface area contributed by atoms with Crippen molar-refractivity contribution < 1.29 is 9.18 Å². The van der Waals surface area contributed by atoms with Gasteiger partial charge in [0.2, 0.25) is 5.91 Å². The van der Waals surface area contributed by atoms with Gasteiger partial charge in [-0.3, -0.25) is 4.79 Å². The van der Waals surface area contributed by atoms with E-state index in [1.54, 1.807) is 12.1 Å². The Morgan fingerprint density at radius 3 is 2.59 bits per heavy atom. The Labute approximate surface area is 207 Å². The minimum absolute atomic E-state index is 0. The summed E-state index contributed by atoms with van der Waals surface area (Å²) in [5.74, 6) is 0.561. The average Bonchev–Trinajstić information content (AvgIpc) is 2.76. The summed E-state index contributed by atoms with van der Waals surface area (Å²) in [7, 11) is 0. The van der Waals surface area contributed by atoms with E-state index in [2.05, 4.69) is 34.7 Å². The maximum Gasteiger partial charge on any atom is 0.239 e. The fraction of sp³-hybridized carbons (Fsp3) is 0.417. The maximum atomic E-state index is 13.6. The van der Waals surface area contributed by atoms with Crippen LogP contribution in [0.4, 0.5) is 10.1 Å². The minimum atomic E-state index is -0.249. The molecule has 6 nitrogen and oxygen atoms in total. The molecule has 2 aromatic rings. The van der Waals surface area contributed by atoms with Gasteiger partial charge in [-0.25, -0.2) is 9.38 Å². The van der Waals surface area contributed by atoms with E-state index < -0.39 is 0 Å². The molecule has 32 heavy (non-hydrogen) atoms. The van der Waals surface area contributed by atoms with Gasteiger partial charge in [0, 0.05) is 37.3 Å². The molecule has 0 aromatic heterocycles. The van der Waals surface area contributed by atoms with E-state index in [0.29, 0.717) is 26.2 Å². The Morgan fingerprint density at radius 1 is 1.19 bits per heavy atom. The molecule has 174 valence electrons. The van der Waals surface area contributed by atoms with Crippen molar-refractivity contribution in [3.05, 3.63) is 65.5 Å². The molecule has 0 spiro atoms. The number of carbonyl (C=O) groups is 1. The zero-order valence-electron chi connectivity index (χ0n) is 19.0. The van der Waals surface area contributed by atoms with Crippen molar-refractivity contribution in [2.24, 2.45) is 4.99 Å². The molecule has 1 aliphatic heterocycles. The number of aliphatic imine (C=N–C) groups is 1. The molecule has 1 amide bonds. The molecule has 1 heterocycles. The summed E-state index contributed by atoms with van der Waals surface area (Å²) < 4.78 is 13.6. The molecule has 0 radical (unpaired) electrons. The van der Waals surface area contributed by atoms with Crippen molar-refractivity contribution in [2.75, 3.05) is 37.6 Å². The zero-order chi connectivity index (χ0) is 22.3. The van der Waals surface area contributed by atoms with Crippen LogP contribution in [-0.4, -0.2) is 44.6 Å². The molecule has 0 atom stereocenters. The van der Waals surface area contributed by atoms with E-state index in [0.717, 1.165) is 35.9 Å². The van der Waals surface area contributed by atoms with E-state index in [1.807, 2.05) is 37.3 Å². The third-order valence-corrected chi connectivity index (χ3v) is 5.41. The highest BCUT2D eigenvalue weighted by atomic mass is 127. The fourth-order valence-corrected chi connectivity index (χ4v) is 3.50. The van der Waals surface area contributed by atoms with Crippen LogP contribution < -0.4 is 20.9 Å². The lowest BCUT2D eigenvalue weighted by Crippen LogP contribution is -2.47.